The molecule has 0 spiro atoms. The number of nitrogens with zero attached hydrogens (tertiary/aromatic N) is 4. The Bertz CT molecular complexity index is 1030. The van der Waals surface area contributed by atoms with Crippen LogP contribution in [0, 0.1) is 0 Å². The molecule has 0 atom stereocenters. The van der Waals surface area contributed by atoms with E-state index in [1.165, 1.54) is 5.69 Å². The highest BCUT2D eigenvalue weighted by Crippen LogP contribution is 2.21. The van der Waals surface area contributed by atoms with Gasteiger partial charge in [-0.15, -0.1) is 0 Å². The molecule has 31 heavy (non-hydrogen) atoms. The fourth-order valence-corrected chi connectivity index (χ4v) is 4.24. The van der Waals surface area contributed by atoms with Crippen molar-refractivity contribution in [3.8, 4) is 11.3 Å². The molecule has 162 valence electrons. The van der Waals surface area contributed by atoms with E-state index in [0.717, 1.165) is 74.8 Å². The molecule has 1 aliphatic heterocycles. The van der Waals surface area contributed by atoms with Gasteiger partial charge < -0.3 is 4.90 Å². The Balaban J connectivity index is 1.16. The molecule has 5 nitrogen and oxygen atoms in total. The summed E-state index contributed by atoms with van der Waals surface area (Å²) in [5, 5.41) is 0.795. The summed E-state index contributed by atoms with van der Waals surface area (Å²) in [6.07, 6.45) is 4.94. The zero-order chi connectivity index (χ0) is 21.5. The van der Waals surface area contributed by atoms with Gasteiger partial charge in [-0.2, -0.15) is 0 Å². The van der Waals surface area contributed by atoms with Gasteiger partial charge in [-0.3, -0.25) is 14.3 Å². The fourth-order valence-electron chi connectivity index (χ4n) is 4.06. The SMILES string of the molecule is O=c1cc(-c2ccccc2)ncn1CCCCCN1CCN(c2cccc(Cl)c2)CC1. The molecule has 0 bridgehead atoms. The molecule has 0 unspecified atom stereocenters. The number of rotatable bonds is 8. The molecule has 0 saturated carbocycles. The summed E-state index contributed by atoms with van der Waals surface area (Å²) >= 11 is 6.12. The Kier molecular flexibility index (Phi) is 7.39. The predicted octanol–water partition coefficient (Wildman–Crippen LogP) is 4.56. The normalized spacial score (nSPS) is 14.7. The second-order valence-corrected chi connectivity index (χ2v) is 8.48. The molecular formula is C25H29ClN4O. The molecule has 1 saturated heterocycles. The molecule has 0 N–H and O–H groups in total. The summed E-state index contributed by atoms with van der Waals surface area (Å²) in [6.45, 7) is 6.07. The number of hydrogen-bond donors (Lipinski definition) is 0. The molecular weight excluding hydrogens is 408 g/mol. The molecule has 0 aliphatic carbocycles. The number of benzene rings is 2. The van der Waals surface area contributed by atoms with Crippen molar-refractivity contribution in [2.45, 2.75) is 25.8 Å². The Morgan fingerprint density at radius 2 is 1.61 bits per heavy atom. The first-order valence-electron chi connectivity index (χ1n) is 11.0. The van der Waals surface area contributed by atoms with Gasteiger partial charge in [-0.25, -0.2) is 4.98 Å². The Hall–Kier alpha value is -2.63. The van der Waals surface area contributed by atoms with Crippen molar-refractivity contribution < 1.29 is 0 Å². The Labute approximate surface area is 188 Å². The van der Waals surface area contributed by atoms with Crippen LogP contribution in [0.1, 0.15) is 19.3 Å². The van der Waals surface area contributed by atoms with Crippen LogP contribution in [0.4, 0.5) is 5.69 Å². The van der Waals surface area contributed by atoms with Crippen LogP contribution >= 0.6 is 11.6 Å². The topological polar surface area (TPSA) is 41.4 Å². The first kappa shape index (κ1) is 21.6. The summed E-state index contributed by atoms with van der Waals surface area (Å²) in [4.78, 5) is 21.8. The van der Waals surface area contributed by atoms with Crippen LogP contribution in [0.5, 0.6) is 0 Å². The highest BCUT2D eigenvalue weighted by Gasteiger charge is 2.16. The van der Waals surface area contributed by atoms with E-state index in [1.807, 2.05) is 48.5 Å². The van der Waals surface area contributed by atoms with Gasteiger partial charge in [0, 0.05) is 55.1 Å². The van der Waals surface area contributed by atoms with Gasteiger partial charge in [0.05, 0.1) is 12.0 Å². The number of anilines is 1. The fraction of sp³-hybridized carbons (Fsp3) is 0.360. The zero-order valence-electron chi connectivity index (χ0n) is 17.8. The van der Waals surface area contributed by atoms with Crippen molar-refractivity contribution >= 4 is 17.3 Å². The van der Waals surface area contributed by atoms with E-state index in [2.05, 4.69) is 20.9 Å². The van der Waals surface area contributed by atoms with Crippen molar-refractivity contribution in [2.75, 3.05) is 37.6 Å². The largest absolute Gasteiger partial charge is 0.369 e. The van der Waals surface area contributed by atoms with Crippen molar-refractivity contribution in [3.63, 3.8) is 0 Å². The first-order chi connectivity index (χ1) is 15.2. The molecule has 0 amide bonds. The van der Waals surface area contributed by atoms with Gasteiger partial charge >= 0.3 is 0 Å². The first-order valence-corrected chi connectivity index (χ1v) is 11.4. The molecule has 4 rings (SSSR count). The van der Waals surface area contributed by atoms with Crippen molar-refractivity contribution in [1.82, 2.24) is 14.5 Å². The summed E-state index contributed by atoms with van der Waals surface area (Å²) in [7, 11) is 0. The van der Waals surface area contributed by atoms with Crippen molar-refractivity contribution in [3.05, 3.63) is 82.4 Å². The number of aromatic nitrogens is 2. The average Bonchev–Trinajstić information content (AvgIpc) is 2.81. The number of unbranched alkanes of at least 4 members (excludes halogenated alkanes) is 2. The van der Waals surface area contributed by atoms with Crippen LogP contribution in [0.25, 0.3) is 11.3 Å². The molecule has 1 aromatic heterocycles. The molecule has 3 aromatic rings. The average molecular weight is 437 g/mol. The van der Waals surface area contributed by atoms with E-state index in [1.54, 1.807) is 17.0 Å². The van der Waals surface area contributed by atoms with Crippen LogP contribution in [0.15, 0.2) is 71.8 Å². The highest BCUT2D eigenvalue weighted by molar-refractivity contribution is 6.30. The van der Waals surface area contributed by atoms with Crippen LogP contribution < -0.4 is 10.5 Å². The maximum atomic E-state index is 12.4. The zero-order valence-corrected chi connectivity index (χ0v) is 18.5. The third-order valence-electron chi connectivity index (χ3n) is 5.87. The maximum Gasteiger partial charge on any atom is 0.253 e. The summed E-state index contributed by atoms with van der Waals surface area (Å²) in [6, 6.07) is 19.6. The van der Waals surface area contributed by atoms with Crippen molar-refractivity contribution in [2.24, 2.45) is 0 Å². The molecule has 1 aliphatic rings. The molecule has 2 heterocycles. The van der Waals surface area contributed by atoms with Crippen LogP contribution in [-0.4, -0.2) is 47.2 Å². The Morgan fingerprint density at radius 1 is 0.839 bits per heavy atom. The lowest BCUT2D eigenvalue weighted by atomic mass is 10.1. The number of aryl methyl sites for hydroxylation is 1. The second kappa shape index (κ2) is 10.6. The number of hydrogen-bond acceptors (Lipinski definition) is 4. The number of piperazine rings is 1. The van der Waals surface area contributed by atoms with Gasteiger partial charge in [0.1, 0.15) is 0 Å². The lowest BCUT2D eigenvalue weighted by Gasteiger charge is -2.36. The van der Waals surface area contributed by atoms with Gasteiger partial charge in [0.2, 0.25) is 0 Å². The quantitative estimate of drug-likeness (QED) is 0.485. The van der Waals surface area contributed by atoms with E-state index >= 15 is 0 Å². The van der Waals surface area contributed by atoms with Crippen molar-refractivity contribution in [1.29, 1.82) is 0 Å². The summed E-state index contributed by atoms with van der Waals surface area (Å²) in [5.74, 6) is 0. The minimum Gasteiger partial charge on any atom is -0.369 e. The van der Waals surface area contributed by atoms with Crippen LogP contribution in [-0.2, 0) is 6.54 Å². The van der Waals surface area contributed by atoms with Gasteiger partial charge in [0.25, 0.3) is 5.56 Å². The number of halogens is 1. The smallest absolute Gasteiger partial charge is 0.253 e. The maximum absolute atomic E-state index is 12.4. The molecule has 6 heteroatoms. The van der Waals surface area contributed by atoms with E-state index in [9.17, 15) is 4.79 Å². The monoisotopic (exact) mass is 436 g/mol. The standard InChI is InChI=1S/C25H29ClN4O/c26-22-10-7-11-23(18-22)29-16-14-28(15-17-29)12-5-2-6-13-30-20-27-24(19-25(30)31)21-8-3-1-4-9-21/h1,3-4,7-11,18-20H,2,5-6,12-17H2. The molecule has 2 aromatic carbocycles. The van der Waals surface area contributed by atoms with Crippen LogP contribution in [0.3, 0.4) is 0 Å². The van der Waals surface area contributed by atoms with E-state index in [4.69, 9.17) is 11.6 Å². The van der Waals surface area contributed by atoms with E-state index in [-0.39, 0.29) is 5.56 Å². The summed E-state index contributed by atoms with van der Waals surface area (Å²) < 4.78 is 1.72. The second-order valence-electron chi connectivity index (χ2n) is 8.04. The van der Waals surface area contributed by atoms with E-state index < -0.39 is 0 Å². The van der Waals surface area contributed by atoms with E-state index in [0.29, 0.717) is 0 Å². The lowest BCUT2D eigenvalue weighted by molar-refractivity contribution is 0.251. The highest BCUT2D eigenvalue weighted by atomic mass is 35.5. The minimum absolute atomic E-state index is 0.0194. The van der Waals surface area contributed by atoms with Gasteiger partial charge in [-0.1, -0.05) is 54.4 Å². The third-order valence-corrected chi connectivity index (χ3v) is 6.10. The predicted molar refractivity (Wildman–Crippen MR) is 128 cm³/mol. The lowest BCUT2D eigenvalue weighted by Crippen LogP contribution is -2.46. The van der Waals surface area contributed by atoms with Gasteiger partial charge in [-0.05, 0) is 37.6 Å². The molecule has 0 radical (unpaired) electrons. The minimum atomic E-state index is 0.0194. The van der Waals surface area contributed by atoms with Crippen LogP contribution in [0.2, 0.25) is 5.02 Å². The Morgan fingerprint density at radius 3 is 2.35 bits per heavy atom. The summed E-state index contributed by atoms with van der Waals surface area (Å²) in [5.41, 5.74) is 2.94. The third kappa shape index (κ3) is 5.96. The molecule has 1 fully saturated rings. The van der Waals surface area contributed by atoms with Gasteiger partial charge in [0.15, 0.2) is 0 Å².